The Balaban J connectivity index is 2.30. The second-order valence-electron chi connectivity index (χ2n) is 3.74. The monoisotopic (exact) mass is 211 g/mol. The number of aliphatic hydroxyl groups excluding tert-OH is 1. The van der Waals surface area contributed by atoms with Crippen molar-refractivity contribution in [3.63, 3.8) is 0 Å². The molecule has 0 aromatic carbocycles. The minimum absolute atomic E-state index is 0.286. The summed E-state index contributed by atoms with van der Waals surface area (Å²) in [6.45, 7) is 4.24. The Morgan fingerprint density at radius 3 is 2.93 bits per heavy atom. The van der Waals surface area contributed by atoms with Crippen LogP contribution in [0, 0.1) is 0 Å². The van der Waals surface area contributed by atoms with Crippen LogP contribution in [0.4, 0.5) is 0 Å². The van der Waals surface area contributed by atoms with Crippen LogP contribution in [0.3, 0.4) is 0 Å². The molecule has 1 aromatic rings. The Hall–Kier alpha value is -0.870. The van der Waals surface area contributed by atoms with Gasteiger partial charge in [-0.1, -0.05) is 6.92 Å². The van der Waals surface area contributed by atoms with Gasteiger partial charge in [0.1, 0.15) is 0 Å². The SMILES string of the molecule is CCc1nn(C)cc1CNCCCCO. The van der Waals surface area contributed by atoms with Gasteiger partial charge in [-0.2, -0.15) is 5.10 Å². The Labute approximate surface area is 91.3 Å². The van der Waals surface area contributed by atoms with Crippen LogP contribution in [-0.4, -0.2) is 28.0 Å². The smallest absolute Gasteiger partial charge is 0.0666 e. The summed E-state index contributed by atoms with van der Waals surface area (Å²) in [4.78, 5) is 0. The molecule has 0 spiro atoms. The van der Waals surface area contributed by atoms with E-state index in [0.29, 0.717) is 0 Å². The van der Waals surface area contributed by atoms with Gasteiger partial charge in [0, 0.05) is 32.0 Å². The molecule has 0 fully saturated rings. The molecule has 4 heteroatoms. The largest absolute Gasteiger partial charge is 0.396 e. The number of aryl methyl sites for hydroxylation is 2. The summed E-state index contributed by atoms with van der Waals surface area (Å²) < 4.78 is 1.86. The van der Waals surface area contributed by atoms with E-state index >= 15 is 0 Å². The maximum absolute atomic E-state index is 8.63. The van der Waals surface area contributed by atoms with Gasteiger partial charge in [-0.05, 0) is 25.8 Å². The minimum Gasteiger partial charge on any atom is -0.396 e. The van der Waals surface area contributed by atoms with Crippen molar-refractivity contribution >= 4 is 0 Å². The number of hydrogen-bond donors (Lipinski definition) is 2. The first-order valence-corrected chi connectivity index (χ1v) is 5.61. The van der Waals surface area contributed by atoms with E-state index in [-0.39, 0.29) is 6.61 Å². The van der Waals surface area contributed by atoms with Gasteiger partial charge in [0.25, 0.3) is 0 Å². The van der Waals surface area contributed by atoms with Crippen LogP contribution >= 0.6 is 0 Å². The number of hydrogen-bond acceptors (Lipinski definition) is 3. The molecule has 0 unspecified atom stereocenters. The average molecular weight is 211 g/mol. The van der Waals surface area contributed by atoms with E-state index in [1.165, 1.54) is 11.3 Å². The first-order valence-electron chi connectivity index (χ1n) is 5.61. The fourth-order valence-corrected chi connectivity index (χ4v) is 1.61. The number of nitrogens with zero attached hydrogens (tertiary/aromatic N) is 2. The molecule has 0 bridgehead atoms. The molecule has 86 valence electrons. The summed E-state index contributed by atoms with van der Waals surface area (Å²) in [6, 6.07) is 0. The highest BCUT2D eigenvalue weighted by atomic mass is 16.2. The van der Waals surface area contributed by atoms with Crippen molar-refractivity contribution in [2.45, 2.75) is 32.7 Å². The molecule has 0 aliphatic heterocycles. The van der Waals surface area contributed by atoms with E-state index in [2.05, 4.69) is 23.5 Å². The maximum atomic E-state index is 8.63. The lowest BCUT2D eigenvalue weighted by Gasteiger charge is -2.03. The van der Waals surface area contributed by atoms with Gasteiger partial charge in [0.2, 0.25) is 0 Å². The molecule has 2 N–H and O–H groups in total. The Bertz CT molecular complexity index is 283. The molecule has 0 saturated carbocycles. The predicted molar refractivity (Wildman–Crippen MR) is 60.6 cm³/mol. The van der Waals surface area contributed by atoms with Crippen molar-refractivity contribution in [1.29, 1.82) is 0 Å². The van der Waals surface area contributed by atoms with E-state index in [0.717, 1.165) is 32.4 Å². The number of aliphatic hydroxyl groups is 1. The molecule has 0 radical (unpaired) electrons. The highest BCUT2D eigenvalue weighted by molar-refractivity contribution is 5.16. The summed E-state index contributed by atoms with van der Waals surface area (Å²) in [6.07, 6.45) is 4.95. The third kappa shape index (κ3) is 4.01. The summed E-state index contributed by atoms with van der Waals surface area (Å²) >= 11 is 0. The first kappa shape index (κ1) is 12.2. The number of rotatable bonds is 7. The zero-order valence-corrected chi connectivity index (χ0v) is 9.66. The van der Waals surface area contributed by atoms with Crippen LogP contribution < -0.4 is 5.32 Å². The zero-order chi connectivity index (χ0) is 11.1. The topological polar surface area (TPSA) is 50.1 Å². The molecule has 0 atom stereocenters. The van der Waals surface area contributed by atoms with Gasteiger partial charge in [-0.3, -0.25) is 4.68 Å². The maximum Gasteiger partial charge on any atom is 0.0666 e. The molecule has 1 heterocycles. The highest BCUT2D eigenvalue weighted by Crippen LogP contribution is 2.06. The van der Waals surface area contributed by atoms with Crippen molar-refractivity contribution in [2.75, 3.05) is 13.2 Å². The van der Waals surface area contributed by atoms with Crippen LogP contribution in [0.2, 0.25) is 0 Å². The molecular formula is C11H21N3O. The highest BCUT2D eigenvalue weighted by Gasteiger charge is 2.04. The Morgan fingerprint density at radius 2 is 2.27 bits per heavy atom. The minimum atomic E-state index is 0.286. The molecule has 0 aliphatic rings. The van der Waals surface area contributed by atoms with E-state index in [1.54, 1.807) is 0 Å². The van der Waals surface area contributed by atoms with Gasteiger partial charge in [-0.25, -0.2) is 0 Å². The number of aromatic nitrogens is 2. The van der Waals surface area contributed by atoms with Crippen molar-refractivity contribution in [3.05, 3.63) is 17.5 Å². The quantitative estimate of drug-likeness (QED) is 0.657. The summed E-state index contributed by atoms with van der Waals surface area (Å²) in [7, 11) is 1.95. The zero-order valence-electron chi connectivity index (χ0n) is 9.66. The second kappa shape index (κ2) is 6.58. The fraction of sp³-hybridized carbons (Fsp3) is 0.727. The lowest BCUT2D eigenvalue weighted by atomic mass is 10.2. The van der Waals surface area contributed by atoms with Gasteiger partial charge in [-0.15, -0.1) is 0 Å². The van der Waals surface area contributed by atoms with Crippen molar-refractivity contribution in [3.8, 4) is 0 Å². The third-order valence-corrected chi connectivity index (χ3v) is 2.40. The third-order valence-electron chi connectivity index (χ3n) is 2.40. The second-order valence-corrected chi connectivity index (χ2v) is 3.74. The van der Waals surface area contributed by atoms with Crippen LogP contribution in [0.5, 0.6) is 0 Å². The molecule has 4 nitrogen and oxygen atoms in total. The van der Waals surface area contributed by atoms with E-state index in [1.807, 2.05) is 11.7 Å². The molecule has 0 saturated heterocycles. The Morgan fingerprint density at radius 1 is 1.47 bits per heavy atom. The molecule has 1 rings (SSSR count). The van der Waals surface area contributed by atoms with Crippen LogP contribution in [-0.2, 0) is 20.0 Å². The number of nitrogens with one attached hydrogen (secondary N) is 1. The standard InChI is InChI=1S/C11H21N3O/c1-3-11-10(9-14(2)13-11)8-12-6-4-5-7-15/h9,12,15H,3-8H2,1-2H3. The van der Waals surface area contributed by atoms with E-state index in [4.69, 9.17) is 5.11 Å². The van der Waals surface area contributed by atoms with E-state index < -0.39 is 0 Å². The molecule has 15 heavy (non-hydrogen) atoms. The summed E-state index contributed by atoms with van der Waals surface area (Å²) in [5.74, 6) is 0. The average Bonchev–Trinajstić information content (AvgIpc) is 2.59. The van der Waals surface area contributed by atoms with Gasteiger partial charge >= 0.3 is 0 Å². The van der Waals surface area contributed by atoms with Gasteiger partial charge in [0.05, 0.1) is 5.69 Å². The summed E-state index contributed by atoms with van der Waals surface area (Å²) in [5, 5.41) is 16.4. The van der Waals surface area contributed by atoms with Crippen LogP contribution in [0.1, 0.15) is 31.0 Å². The normalized spacial score (nSPS) is 10.9. The Kier molecular flexibility index (Phi) is 5.36. The molecule has 0 amide bonds. The first-order chi connectivity index (χ1) is 7.27. The van der Waals surface area contributed by atoms with Crippen molar-refractivity contribution in [2.24, 2.45) is 7.05 Å². The van der Waals surface area contributed by atoms with Crippen LogP contribution in [0.25, 0.3) is 0 Å². The molecule has 0 aliphatic carbocycles. The molecular weight excluding hydrogens is 190 g/mol. The lowest BCUT2D eigenvalue weighted by Crippen LogP contribution is -2.15. The fourth-order valence-electron chi connectivity index (χ4n) is 1.61. The predicted octanol–water partition coefficient (Wildman–Crippen LogP) is 0.845. The van der Waals surface area contributed by atoms with Crippen LogP contribution in [0.15, 0.2) is 6.20 Å². The lowest BCUT2D eigenvalue weighted by molar-refractivity contribution is 0.283. The van der Waals surface area contributed by atoms with Gasteiger partial charge in [0.15, 0.2) is 0 Å². The van der Waals surface area contributed by atoms with Crippen molar-refractivity contribution < 1.29 is 5.11 Å². The summed E-state index contributed by atoms with van der Waals surface area (Å²) in [5.41, 5.74) is 2.45. The van der Waals surface area contributed by atoms with Crippen molar-refractivity contribution in [1.82, 2.24) is 15.1 Å². The van der Waals surface area contributed by atoms with Gasteiger partial charge < -0.3 is 10.4 Å². The van der Waals surface area contributed by atoms with E-state index in [9.17, 15) is 0 Å². The number of unbranched alkanes of at least 4 members (excludes halogenated alkanes) is 1. The molecule has 1 aromatic heterocycles.